The van der Waals surface area contributed by atoms with Gasteiger partial charge in [-0.1, -0.05) is 33.3 Å². The second kappa shape index (κ2) is 11.3. The fraction of sp³-hybridized carbons (Fsp3) is 0.769. The molecule has 0 atom stereocenters. The van der Waals surface area contributed by atoms with Gasteiger partial charge in [0.15, 0.2) is 0 Å². The third kappa shape index (κ3) is 8.60. The Morgan fingerprint density at radius 3 is 2.47 bits per heavy atom. The summed E-state index contributed by atoms with van der Waals surface area (Å²) in [6.07, 6.45) is 5.14. The summed E-state index contributed by atoms with van der Waals surface area (Å²) >= 11 is 0. The minimum atomic E-state index is -0.237. The average Bonchev–Trinajstić information content (AvgIpc) is 2.33. The van der Waals surface area contributed by atoms with Crippen molar-refractivity contribution >= 4 is 6.09 Å². The van der Waals surface area contributed by atoms with E-state index in [1.807, 2.05) is 0 Å². The molecule has 0 bridgehead atoms. The zero-order valence-corrected chi connectivity index (χ0v) is 11.1. The van der Waals surface area contributed by atoms with E-state index in [1.54, 1.807) is 4.90 Å². The van der Waals surface area contributed by atoms with Crippen molar-refractivity contribution in [2.24, 2.45) is 0 Å². The lowest BCUT2D eigenvalue weighted by molar-refractivity contribution is 0.0906. The Bertz CT molecular complexity index is 207. The molecule has 0 saturated heterocycles. The van der Waals surface area contributed by atoms with Crippen LogP contribution in [0.1, 0.15) is 39.5 Å². The van der Waals surface area contributed by atoms with E-state index in [2.05, 4.69) is 20.4 Å². The second-order valence-corrected chi connectivity index (χ2v) is 3.85. The zero-order valence-electron chi connectivity index (χ0n) is 11.1. The van der Waals surface area contributed by atoms with Crippen LogP contribution in [-0.4, -0.2) is 37.3 Å². The van der Waals surface area contributed by atoms with E-state index in [-0.39, 0.29) is 6.09 Å². The molecule has 0 aromatic carbocycles. The van der Waals surface area contributed by atoms with E-state index in [9.17, 15) is 4.79 Å². The summed E-state index contributed by atoms with van der Waals surface area (Å²) in [5, 5.41) is 0. The van der Waals surface area contributed by atoms with Gasteiger partial charge in [0.25, 0.3) is 0 Å². The number of carbonyl (C=O) groups excluding carboxylic acids is 1. The van der Waals surface area contributed by atoms with Crippen molar-refractivity contribution in [3.05, 3.63) is 12.8 Å². The number of hydrogen-bond acceptors (Lipinski definition) is 3. The monoisotopic (exact) mass is 243 g/mol. The fourth-order valence-electron chi connectivity index (χ4n) is 1.28. The molecule has 0 N–H and O–H groups in total. The van der Waals surface area contributed by atoms with Crippen molar-refractivity contribution in [2.45, 2.75) is 39.5 Å². The lowest BCUT2D eigenvalue weighted by atomic mass is 10.3. The van der Waals surface area contributed by atoms with E-state index >= 15 is 0 Å². The van der Waals surface area contributed by atoms with Gasteiger partial charge in [-0.25, -0.2) is 4.79 Å². The molecule has 17 heavy (non-hydrogen) atoms. The number of rotatable bonds is 10. The van der Waals surface area contributed by atoms with Gasteiger partial charge in [0.2, 0.25) is 0 Å². The molecule has 4 heteroatoms. The van der Waals surface area contributed by atoms with Gasteiger partial charge in [-0.3, -0.25) is 0 Å². The summed E-state index contributed by atoms with van der Waals surface area (Å²) in [5.41, 5.74) is 0. The minimum absolute atomic E-state index is 0.237. The van der Waals surface area contributed by atoms with E-state index < -0.39 is 0 Å². The topological polar surface area (TPSA) is 38.8 Å². The second-order valence-electron chi connectivity index (χ2n) is 3.85. The Kier molecular flexibility index (Phi) is 10.5. The molecule has 0 aliphatic heterocycles. The lowest BCUT2D eigenvalue weighted by Crippen LogP contribution is -2.35. The largest absolute Gasteiger partial charge is 0.500 e. The molecule has 0 heterocycles. The van der Waals surface area contributed by atoms with Crippen LogP contribution in [0.15, 0.2) is 12.8 Å². The predicted molar refractivity (Wildman–Crippen MR) is 68.9 cm³/mol. The standard InChI is InChI=1S/C13H25NO3/c1-4-7-9-14(10-12-16-6-3)13(15)17-11-8-5-2/h6H,3-5,7-12H2,1-2H3. The molecule has 0 aliphatic carbocycles. The fourth-order valence-corrected chi connectivity index (χ4v) is 1.28. The molecule has 0 rings (SSSR count). The molecule has 0 spiro atoms. The smallest absolute Gasteiger partial charge is 0.409 e. The van der Waals surface area contributed by atoms with Crippen LogP contribution in [0, 0.1) is 0 Å². The Balaban J connectivity index is 3.95. The summed E-state index contributed by atoms with van der Waals surface area (Å²) in [7, 11) is 0. The number of carbonyl (C=O) groups is 1. The quantitative estimate of drug-likeness (QED) is 0.437. The highest BCUT2D eigenvalue weighted by Crippen LogP contribution is 2.00. The highest BCUT2D eigenvalue weighted by molar-refractivity contribution is 5.67. The molecule has 0 unspecified atom stereocenters. The van der Waals surface area contributed by atoms with Crippen LogP contribution in [-0.2, 0) is 9.47 Å². The van der Waals surface area contributed by atoms with Gasteiger partial charge in [0, 0.05) is 6.54 Å². The molecule has 0 saturated carbocycles. The van der Waals surface area contributed by atoms with Crippen LogP contribution in [0.4, 0.5) is 4.79 Å². The van der Waals surface area contributed by atoms with Crippen molar-refractivity contribution in [2.75, 3.05) is 26.3 Å². The third-order valence-electron chi connectivity index (χ3n) is 2.36. The van der Waals surface area contributed by atoms with Crippen LogP contribution < -0.4 is 0 Å². The number of hydrogen-bond donors (Lipinski definition) is 0. The summed E-state index contributed by atoms with van der Waals surface area (Å²) in [5.74, 6) is 0. The van der Waals surface area contributed by atoms with Gasteiger partial charge in [-0.2, -0.15) is 0 Å². The van der Waals surface area contributed by atoms with E-state index in [0.29, 0.717) is 19.8 Å². The van der Waals surface area contributed by atoms with Crippen LogP contribution >= 0.6 is 0 Å². The average molecular weight is 243 g/mol. The molecule has 0 fully saturated rings. The minimum Gasteiger partial charge on any atom is -0.500 e. The Labute approximate surface area is 105 Å². The molecular formula is C13H25NO3. The van der Waals surface area contributed by atoms with Gasteiger partial charge >= 0.3 is 6.09 Å². The van der Waals surface area contributed by atoms with E-state index in [1.165, 1.54) is 6.26 Å². The maximum Gasteiger partial charge on any atom is 0.409 e. The number of ether oxygens (including phenoxy) is 2. The molecule has 0 aromatic heterocycles. The van der Waals surface area contributed by atoms with Crippen LogP contribution in [0.5, 0.6) is 0 Å². The maximum absolute atomic E-state index is 11.7. The molecule has 100 valence electrons. The number of unbranched alkanes of at least 4 members (excludes halogenated alkanes) is 2. The van der Waals surface area contributed by atoms with Crippen molar-refractivity contribution in [3.8, 4) is 0 Å². The highest BCUT2D eigenvalue weighted by Gasteiger charge is 2.13. The number of amides is 1. The van der Waals surface area contributed by atoms with Gasteiger partial charge < -0.3 is 14.4 Å². The van der Waals surface area contributed by atoms with E-state index in [0.717, 1.165) is 32.2 Å². The van der Waals surface area contributed by atoms with Crippen molar-refractivity contribution in [1.82, 2.24) is 4.90 Å². The first-order chi connectivity index (χ1) is 8.26. The van der Waals surface area contributed by atoms with Gasteiger partial charge in [-0.05, 0) is 12.8 Å². The van der Waals surface area contributed by atoms with Crippen LogP contribution in [0.25, 0.3) is 0 Å². The SMILES string of the molecule is C=COCCN(CCCC)C(=O)OCCCC. The van der Waals surface area contributed by atoms with Crippen molar-refractivity contribution < 1.29 is 14.3 Å². The Morgan fingerprint density at radius 2 is 1.88 bits per heavy atom. The highest BCUT2D eigenvalue weighted by atomic mass is 16.6. The first-order valence-electron chi connectivity index (χ1n) is 6.40. The van der Waals surface area contributed by atoms with Gasteiger partial charge in [0.05, 0.1) is 19.4 Å². The molecule has 4 nitrogen and oxygen atoms in total. The number of nitrogens with zero attached hydrogens (tertiary/aromatic N) is 1. The van der Waals surface area contributed by atoms with Crippen molar-refractivity contribution in [1.29, 1.82) is 0 Å². The zero-order chi connectivity index (χ0) is 12.9. The van der Waals surface area contributed by atoms with Gasteiger partial charge in [0.1, 0.15) is 6.61 Å². The molecule has 0 aliphatic rings. The Hall–Kier alpha value is -1.19. The summed E-state index contributed by atoms with van der Waals surface area (Å²) in [6, 6.07) is 0. The molecule has 0 radical (unpaired) electrons. The van der Waals surface area contributed by atoms with Crippen LogP contribution in [0.3, 0.4) is 0 Å². The first-order valence-corrected chi connectivity index (χ1v) is 6.40. The predicted octanol–water partition coefficient (Wildman–Crippen LogP) is 3.19. The summed E-state index contributed by atoms with van der Waals surface area (Å²) < 4.78 is 10.2. The van der Waals surface area contributed by atoms with Crippen molar-refractivity contribution in [3.63, 3.8) is 0 Å². The lowest BCUT2D eigenvalue weighted by Gasteiger charge is -2.21. The van der Waals surface area contributed by atoms with E-state index in [4.69, 9.17) is 9.47 Å². The van der Waals surface area contributed by atoms with Crippen LogP contribution in [0.2, 0.25) is 0 Å². The first kappa shape index (κ1) is 15.8. The van der Waals surface area contributed by atoms with Gasteiger partial charge in [-0.15, -0.1) is 0 Å². The maximum atomic E-state index is 11.7. The summed E-state index contributed by atoms with van der Waals surface area (Å²) in [6.45, 7) is 9.88. The summed E-state index contributed by atoms with van der Waals surface area (Å²) in [4.78, 5) is 13.4. The third-order valence-corrected chi connectivity index (χ3v) is 2.36. The normalized spacial score (nSPS) is 9.76. The Morgan fingerprint density at radius 1 is 1.18 bits per heavy atom. The molecule has 1 amide bonds. The molecule has 0 aromatic rings. The molecular weight excluding hydrogens is 218 g/mol.